The van der Waals surface area contributed by atoms with E-state index in [0.717, 1.165) is 56.8 Å². The molecule has 0 amide bonds. The second-order valence-corrected chi connectivity index (χ2v) is 6.12. The lowest BCUT2D eigenvalue weighted by atomic mass is 9.92. The van der Waals surface area contributed by atoms with Gasteiger partial charge in [0, 0.05) is 32.6 Å². The van der Waals surface area contributed by atoms with Crippen molar-refractivity contribution in [1.29, 1.82) is 0 Å². The third kappa shape index (κ3) is 8.19. The highest BCUT2D eigenvalue weighted by atomic mass is 127. The van der Waals surface area contributed by atoms with E-state index in [1.54, 1.807) is 0 Å². The zero-order valence-corrected chi connectivity index (χ0v) is 16.8. The van der Waals surface area contributed by atoms with Crippen molar-refractivity contribution in [2.45, 2.75) is 46.5 Å². The molecule has 6 heteroatoms. The summed E-state index contributed by atoms with van der Waals surface area (Å²) in [7, 11) is 1.43. The number of carbonyl (C=O) groups excluding carboxylic acids is 1. The fourth-order valence-corrected chi connectivity index (χ4v) is 2.93. The number of aliphatic imine (C=N–C) groups is 1. The number of nitrogens with zero attached hydrogens (tertiary/aromatic N) is 2. The zero-order valence-electron chi connectivity index (χ0n) is 14.4. The first-order chi connectivity index (χ1) is 10.1. The Balaban J connectivity index is 0.00000441. The topological polar surface area (TPSA) is 53.9 Å². The SMILES string of the molecule is CCNC(=NCCCCC(=O)OC)N1CC(C)CC(C)C1.I. The Morgan fingerprint density at radius 1 is 1.27 bits per heavy atom. The first-order valence-corrected chi connectivity index (χ1v) is 8.16. The molecule has 2 unspecified atom stereocenters. The Morgan fingerprint density at radius 3 is 2.45 bits per heavy atom. The van der Waals surface area contributed by atoms with Gasteiger partial charge in [-0.2, -0.15) is 0 Å². The summed E-state index contributed by atoms with van der Waals surface area (Å²) in [6.45, 7) is 10.5. The van der Waals surface area contributed by atoms with Gasteiger partial charge >= 0.3 is 5.97 Å². The normalized spacial score (nSPS) is 22.0. The molecule has 1 aliphatic heterocycles. The molecule has 0 saturated carbocycles. The van der Waals surface area contributed by atoms with Crippen LogP contribution < -0.4 is 5.32 Å². The van der Waals surface area contributed by atoms with Crippen LogP contribution >= 0.6 is 24.0 Å². The van der Waals surface area contributed by atoms with Crippen LogP contribution in [0.2, 0.25) is 0 Å². The van der Waals surface area contributed by atoms with Crippen molar-refractivity contribution >= 4 is 35.9 Å². The van der Waals surface area contributed by atoms with Crippen molar-refractivity contribution in [2.24, 2.45) is 16.8 Å². The lowest BCUT2D eigenvalue weighted by molar-refractivity contribution is -0.140. The number of carbonyl (C=O) groups is 1. The van der Waals surface area contributed by atoms with E-state index in [0.29, 0.717) is 6.42 Å². The highest BCUT2D eigenvalue weighted by Gasteiger charge is 2.23. The number of unbranched alkanes of at least 4 members (excludes halogenated alkanes) is 1. The van der Waals surface area contributed by atoms with Crippen LogP contribution in [0.3, 0.4) is 0 Å². The average Bonchev–Trinajstić information content (AvgIpc) is 2.44. The molecule has 1 fully saturated rings. The van der Waals surface area contributed by atoms with Crippen LogP contribution in [0.4, 0.5) is 0 Å². The van der Waals surface area contributed by atoms with E-state index < -0.39 is 0 Å². The lowest BCUT2D eigenvalue weighted by Crippen LogP contribution is -2.48. The van der Waals surface area contributed by atoms with Gasteiger partial charge in [-0.25, -0.2) is 0 Å². The number of hydrogen-bond donors (Lipinski definition) is 1. The van der Waals surface area contributed by atoms with Gasteiger partial charge in [-0.05, 0) is 38.0 Å². The van der Waals surface area contributed by atoms with Crippen molar-refractivity contribution in [3.05, 3.63) is 0 Å². The van der Waals surface area contributed by atoms with Crippen molar-refractivity contribution in [3.63, 3.8) is 0 Å². The predicted octanol–water partition coefficient (Wildman–Crippen LogP) is 2.89. The van der Waals surface area contributed by atoms with Gasteiger partial charge in [-0.1, -0.05) is 13.8 Å². The minimum absolute atomic E-state index is 0. The molecule has 130 valence electrons. The Kier molecular flexibility index (Phi) is 11.7. The summed E-state index contributed by atoms with van der Waals surface area (Å²) in [6.07, 6.45) is 3.54. The molecule has 0 radical (unpaired) electrons. The number of guanidine groups is 1. The molecule has 1 saturated heterocycles. The molecule has 1 N–H and O–H groups in total. The molecule has 1 rings (SSSR count). The molecule has 0 spiro atoms. The van der Waals surface area contributed by atoms with Crippen molar-refractivity contribution in [1.82, 2.24) is 10.2 Å². The molecule has 1 aliphatic rings. The molecule has 5 nitrogen and oxygen atoms in total. The lowest BCUT2D eigenvalue weighted by Gasteiger charge is -2.37. The minimum atomic E-state index is -0.135. The van der Waals surface area contributed by atoms with Gasteiger partial charge in [-0.3, -0.25) is 9.79 Å². The third-order valence-corrected chi connectivity index (χ3v) is 3.78. The molecular formula is C16H32IN3O2. The molecule has 22 heavy (non-hydrogen) atoms. The Hall–Kier alpha value is -0.530. The Morgan fingerprint density at radius 2 is 1.91 bits per heavy atom. The van der Waals surface area contributed by atoms with Crippen LogP contribution in [0, 0.1) is 11.8 Å². The standard InChI is InChI=1S/C16H31N3O2.HI/c1-5-17-16(18-9-7-6-8-15(20)21-4)19-11-13(2)10-14(3)12-19;/h13-14H,5-12H2,1-4H3,(H,17,18);1H. The number of esters is 1. The minimum Gasteiger partial charge on any atom is -0.469 e. The maximum absolute atomic E-state index is 11.1. The predicted molar refractivity (Wildman–Crippen MR) is 102 cm³/mol. The highest BCUT2D eigenvalue weighted by molar-refractivity contribution is 14.0. The van der Waals surface area contributed by atoms with Crippen LogP contribution in [0.5, 0.6) is 0 Å². The first kappa shape index (κ1) is 21.5. The zero-order chi connectivity index (χ0) is 15.7. The van der Waals surface area contributed by atoms with Gasteiger partial charge in [0.25, 0.3) is 0 Å². The summed E-state index contributed by atoms with van der Waals surface area (Å²) < 4.78 is 4.64. The second kappa shape index (κ2) is 12.0. The molecule has 1 heterocycles. The summed E-state index contributed by atoms with van der Waals surface area (Å²) in [6, 6.07) is 0. The van der Waals surface area contributed by atoms with E-state index >= 15 is 0 Å². The molecule has 0 aromatic rings. The van der Waals surface area contributed by atoms with E-state index in [9.17, 15) is 4.79 Å². The van der Waals surface area contributed by atoms with Gasteiger partial charge < -0.3 is 15.0 Å². The summed E-state index contributed by atoms with van der Waals surface area (Å²) in [4.78, 5) is 18.1. The second-order valence-electron chi connectivity index (χ2n) is 6.12. The number of likely N-dealkylation sites (tertiary alicyclic amines) is 1. The van der Waals surface area contributed by atoms with E-state index in [1.165, 1.54) is 13.5 Å². The highest BCUT2D eigenvalue weighted by Crippen LogP contribution is 2.20. The molecule has 0 aromatic heterocycles. The number of ether oxygens (including phenoxy) is 1. The van der Waals surface area contributed by atoms with E-state index in [2.05, 4.69) is 35.7 Å². The van der Waals surface area contributed by atoms with Crippen LogP contribution in [0.25, 0.3) is 0 Å². The smallest absolute Gasteiger partial charge is 0.305 e. The van der Waals surface area contributed by atoms with Crippen LogP contribution in [0.15, 0.2) is 4.99 Å². The van der Waals surface area contributed by atoms with Gasteiger partial charge in [0.2, 0.25) is 0 Å². The maximum Gasteiger partial charge on any atom is 0.305 e. The molecule has 0 aliphatic carbocycles. The van der Waals surface area contributed by atoms with Gasteiger partial charge in [0.1, 0.15) is 0 Å². The van der Waals surface area contributed by atoms with Crippen molar-refractivity contribution in [2.75, 3.05) is 33.3 Å². The molecule has 0 bridgehead atoms. The fraction of sp³-hybridized carbons (Fsp3) is 0.875. The first-order valence-electron chi connectivity index (χ1n) is 8.16. The summed E-state index contributed by atoms with van der Waals surface area (Å²) in [5.74, 6) is 2.33. The maximum atomic E-state index is 11.1. The number of hydrogen-bond acceptors (Lipinski definition) is 3. The van der Waals surface area contributed by atoms with E-state index in [4.69, 9.17) is 4.99 Å². The molecule has 0 aromatic carbocycles. The van der Waals surface area contributed by atoms with Crippen LogP contribution in [-0.4, -0.2) is 50.1 Å². The summed E-state index contributed by atoms with van der Waals surface area (Å²) in [5.41, 5.74) is 0. The summed E-state index contributed by atoms with van der Waals surface area (Å²) in [5, 5.41) is 3.39. The number of nitrogens with one attached hydrogen (secondary N) is 1. The fourth-order valence-electron chi connectivity index (χ4n) is 2.93. The van der Waals surface area contributed by atoms with Crippen LogP contribution in [-0.2, 0) is 9.53 Å². The van der Waals surface area contributed by atoms with E-state index in [1.807, 2.05) is 0 Å². The quantitative estimate of drug-likeness (QED) is 0.234. The largest absolute Gasteiger partial charge is 0.469 e. The number of rotatable bonds is 6. The summed E-state index contributed by atoms with van der Waals surface area (Å²) >= 11 is 0. The van der Waals surface area contributed by atoms with Crippen molar-refractivity contribution < 1.29 is 9.53 Å². The number of piperidine rings is 1. The average molecular weight is 425 g/mol. The van der Waals surface area contributed by atoms with E-state index in [-0.39, 0.29) is 29.9 Å². The van der Waals surface area contributed by atoms with Gasteiger partial charge in [0.15, 0.2) is 5.96 Å². The Bertz CT molecular complexity index is 340. The van der Waals surface area contributed by atoms with Crippen molar-refractivity contribution in [3.8, 4) is 0 Å². The van der Waals surface area contributed by atoms with Gasteiger partial charge in [0.05, 0.1) is 7.11 Å². The van der Waals surface area contributed by atoms with Gasteiger partial charge in [-0.15, -0.1) is 24.0 Å². The molecule has 2 atom stereocenters. The monoisotopic (exact) mass is 425 g/mol. The Labute approximate surface area is 152 Å². The molecular weight excluding hydrogens is 393 g/mol. The van der Waals surface area contributed by atoms with Crippen LogP contribution in [0.1, 0.15) is 46.5 Å². The number of methoxy groups -OCH3 is 1. The number of halogens is 1. The third-order valence-electron chi connectivity index (χ3n) is 3.78.